The van der Waals surface area contributed by atoms with Gasteiger partial charge in [0.1, 0.15) is 16.5 Å². The second kappa shape index (κ2) is 9.37. The van der Waals surface area contributed by atoms with Crippen LogP contribution in [0.4, 0.5) is 4.39 Å². The minimum atomic E-state index is -3.94. The number of methoxy groups -OCH3 is 1. The fraction of sp³-hybridized carbons (Fsp3) is 0.381. The van der Waals surface area contributed by atoms with E-state index in [1.54, 1.807) is 31.2 Å². The summed E-state index contributed by atoms with van der Waals surface area (Å²) in [4.78, 5) is 12.4. The van der Waals surface area contributed by atoms with Crippen LogP contribution in [0.3, 0.4) is 0 Å². The van der Waals surface area contributed by atoms with Gasteiger partial charge in [0.25, 0.3) is 0 Å². The molecule has 2 rings (SSSR count). The maximum absolute atomic E-state index is 13.0. The Kier molecular flexibility index (Phi) is 7.37. The topological polar surface area (TPSA) is 75.7 Å². The Hall–Kier alpha value is -2.45. The van der Waals surface area contributed by atoms with Crippen molar-refractivity contribution in [2.24, 2.45) is 0 Å². The van der Waals surface area contributed by atoms with Crippen LogP contribution in [0.15, 0.2) is 47.4 Å². The molecule has 0 heterocycles. The molecule has 0 saturated heterocycles. The molecular formula is C21H27FN2O4S. The van der Waals surface area contributed by atoms with Crippen molar-refractivity contribution in [2.75, 3.05) is 20.7 Å². The predicted molar refractivity (Wildman–Crippen MR) is 110 cm³/mol. The Morgan fingerprint density at radius 2 is 1.69 bits per heavy atom. The summed E-state index contributed by atoms with van der Waals surface area (Å²) in [5, 5.41) is 2.73. The average molecular weight is 423 g/mol. The number of likely N-dealkylation sites (N-methyl/N-ethyl adjacent to an activating group) is 1. The highest BCUT2D eigenvalue weighted by atomic mass is 32.2. The van der Waals surface area contributed by atoms with E-state index >= 15 is 0 Å². The van der Waals surface area contributed by atoms with Gasteiger partial charge in [-0.15, -0.1) is 0 Å². The van der Waals surface area contributed by atoms with E-state index in [4.69, 9.17) is 4.74 Å². The number of carbonyl (C=O) groups is 1. The third kappa shape index (κ3) is 5.55. The first kappa shape index (κ1) is 22.8. The molecule has 8 heteroatoms. The number of amides is 1. The first-order chi connectivity index (χ1) is 13.6. The predicted octanol–water partition coefficient (Wildman–Crippen LogP) is 3.46. The number of ether oxygens (including phenoxy) is 1. The lowest BCUT2D eigenvalue weighted by Gasteiger charge is -2.21. The van der Waals surface area contributed by atoms with Crippen molar-refractivity contribution in [2.45, 2.75) is 37.6 Å². The molecule has 0 saturated carbocycles. The van der Waals surface area contributed by atoms with Crippen LogP contribution in [-0.4, -0.2) is 39.3 Å². The number of nitrogens with zero attached hydrogens (tertiary/aromatic N) is 1. The van der Waals surface area contributed by atoms with Crippen molar-refractivity contribution in [3.8, 4) is 5.75 Å². The van der Waals surface area contributed by atoms with Gasteiger partial charge in [0.05, 0.1) is 19.7 Å². The quantitative estimate of drug-likeness (QED) is 0.707. The first-order valence-corrected chi connectivity index (χ1v) is 10.7. The zero-order valence-electron chi connectivity index (χ0n) is 17.3. The lowest BCUT2D eigenvalue weighted by Crippen LogP contribution is -2.39. The Labute approximate surface area is 171 Å². The van der Waals surface area contributed by atoms with Crippen molar-refractivity contribution in [3.05, 3.63) is 59.4 Å². The van der Waals surface area contributed by atoms with E-state index in [9.17, 15) is 17.6 Å². The van der Waals surface area contributed by atoms with Crippen LogP contribution >= 0.6 is 0 Å². The van der Waals surface area contributed by atoms with Crippen LogP contribution in [-0.2, 0) is 14.8 Å². The molecule has 2 aromatic carbocycles. The van der Waals surface area contributed by atoms with Gasteiger partial charge in [-0.2, -0.15) is 4.31 Å². The van der Waals surface area contributed by atoms with E-state index in [-0.39, 0.29) is 28.9 Å². The van der Waals surface area contributed by atoms with E-state index in [1.165, 1.54) is 26.3 Å². The molecule has 0 aliphatic heterocycles. The molecule has 0 spiro atoms. The van der Waals surface area contributed by atoms with E-state index < -0.39 is 22.0 Å². The van der Waals surface area contributed by atoms with E-state index in [1.807, 2.05) is 19.9 Å². The standard InChI is InChI=1S/C21H27FN2O4S/c1-14(2)17-8-11-19(28-5)20(12-17)29(26,27)24(4)13-21(25)23-15(3)16-6-9-18(22)10-7-16/h6-12,14-15H,13H2,1-5H3,(H,23,25). The van der Waals surface area contributed by atoms with Gasteiger partial charge in [-0.05, 0) is 48.2 Å². The van der Waals surface area contributed by atoms with Crippen LogP contribution < -0.4 is 10.1 Å². The molecule has 0 fully saturated rings. The summed E-state index contributed by atoms with van der Waals surface area (Å²) < 4.78 is 45.3. The summed E-state index contributed by atoms with van der Waals surface area (Å²) in [6, 6.07) is 10.4. The molecule has 1 atom stereocenters. The summed E-state index contributed by atoms with van der Waals surface area (Å²) in [6.45, 7) is 5.32. The second-order valence-corrected chi connectivity index (χ2v) is 9.18. The third-order valence-corrected chi connectivity index (χ3v) is 6.48. The molecule has 0 aliphatic rings. The van der Waals surface area contributed by atoms with Gasteiger partial charge >= 0.3 is 0 Å². The molecule has 2 aromatic rings. The van der Waals surface area contributed by atoms with Gasteiger partial charge in [0.2, 0.25) is 15.9 Å². The summed E-state index contributed by atoms with van der Waals surface area (Å²) in [6.07, 6.45) is 0. The summed E-state index contributed by atoms with van der Waals surface area (Å²) in [5.41, 5.74) is 1.57. The monoisotopic (exact) mass is 422 g/mol. The molecule has 0 radical (unpaired) electrons. The summed E-state index contributed by atoms with van der Waals surface area (Å²) >= 11 is 0. The SMILES string of the molecule is COc1ccc(C(C)C)cc1S(=O)(=O)N(C)CC(=O)NC(C)c1ccc(F)cc1. The van der Waals surface area contributed by atoms with Crippen LogP contribution in [0.1, 0.15) is 43.9 Å². The lowest BCUT2D eigenvalue weighted by molar-refractivity contribution is -0.121. The highest BCUT2D eigenvalue weighted by Crippen LogP contribution is 2.29. The number of nitrogens with one attached hydrogen (secondary N) is 1. The maximum atomic E-state index is 13.0. The molecule has 0 bridgehead atoms. The van der Waals surface area contributed by atoms with Gasteiger partial charge in [0, 0.05) is 7.05 Å². The molecular weight excluding hydrogens is 395 g/mol. The molecule has 0 aromatic heterocycles. The smallest absolute Gasteiger partial charge is 0.246 e. The second-order valence-electron chi connectivity index (χ2n) is 7.17. The minimum Gasteiger partial charge on any atom is -0.495 e. The van der Waals surface area contributed by atoms with Crippen molar-refractivity contribution in [1.82, 2.24) is 9.62 Å². The van der Waals surface area contributed by atoms with Gasteiger partial charge in [-0.25, -0.2) is 12.8 Å². The van der Waals surface area contributed by atoms with Crippen LogP contribution in [0.2, 0.25) is 0 Å². The van der Waals surface area contributed by atoms with Crippen molar-refractivity contribution in [3.63, 3.8) is 0 Å². The van der Waals surface area contributed by atoms with Gasteiger partial charge in [-0.1, -0.05) is 32.0 Å². The number of hydrogen-bond acceptors (Lipinski definition) is 4. The Bertz CT molecular complexity index is 959. The highest BCUT2D eigenvalue weighted by Gasteiger charge is 2.27. The van der Waals surface area contributed by atoms with Gasteiger partial charge < -0.3 is 10.1 Å². The zero-order chi connectivity index (χ0) is 21.8. The number of rotatable bonds is 8. The number of carbonyl (C=O) groups excluding carboxylic acids is 1. The normalized spacial score (nSPS) is 12.8. The molecule has 0 aliphatic carbocycles. The molecule has 1 amide bonds. The average Bonchev–Trinajstić information content (AvgIpc) is 2.67. The van der Waals surface area contributed by atoms with Crippen LogP contribution in [0.5, 0.6) is 5.75 Å². The van der Waals surface area contributed by atoms with Crippen molar-refractivity contribution < 1.29 is 22.3 Å². The number of benzene rings is 2. The lowest BCUT2D eigenvalue weighted by atomic mass is 10.0. The van der Waals surface area contributed by atoms with E-state index in [2.05, 4.69) is 5.32 Å². The Morgan fingerprint density at radius 1 is 1.10 bits per heavy atom. The van der Waals surface area contributed by atoms with Gasteiger partial charge in [0.15, 0.2) is 0 Å². The first-order valence-electron chi connectivity index (χ1n) is 9.25. The van der Waals surface area contributed by atoms with E-state index in [0.717, 1.165) is 15.4 Å². The van der Waals surface area contributed by atoms with Crippen LogP contribution in [0, 0.1) is 5.82 Å². The third-order valence-electron chi connectivity index (χ3n) is 4.66. The highest BCUT2D eigenvalue weighted by molar-refractivity contribution is 7.89. The van der Waals surface area contributed by atoms with E-state index in [0.29, 0.717) is 0 Å². The molecule has 29 heavy (non-hydrogen) atoms. The van der Waals surface area contributed by atoms with Crippen molar-refractivity contribution >= 4 is 15.9 Å². The molecule has 158 valence electrons. The number of sulfonamides is 1. The Morgan fingerprint density at radius 3 is 2.24 bits per heavy atom. The van der Waals surface area contributed by atoms with Crippen molar-refractivity contribution in [1.29, 1.82) is 0 Å². The maximum Gasteiger partial charge on any atom is 0.246 e. The largest absolute Gasteiger partial charge is 0.495 e. The minimum absolute atomic E-state index is 0.0214. The number of hydrogen-bond donors (Lipinski definition) is 1. The Balaban J connectivity index is 2.16. The van der Waals surface area contributed by atoms with Gasteiger partial charge in [-0.3, -0.25) is 4.79 Å². The number of halogens is 1. The molecule has 6 nitrogen and oxygen atoms in total. The summed E-state index contributed by atoms with van der Waals surface area (Å²) in [7, 11) is -1.19. The van der Waals surface area contributed by atoms with Crippen LogP contribution in [0.25, 0.3) is 0 Å². The fourth-order valence-electron chi connectivity index (χ4n) is 2.83. The molecule has 1 unspecified atom stereocenters. The zero-order valence-corrected chi connectivity index (χ0v) is 18.1. The summed E-state index contributed by atoms with van der Waals surface area (Å²) in [5.74, 6) is -0.469. The molecule has 1 N–H and O–H groups in total. The fourth-order valence-corrected chi connectivity index (χ4v) is 4.14.